The van der Waals surface area contributed by atoms with Crippen LogP contribution in [-0.4, -0.2) is 17.6 Å². The molecule has 2 nitrogen and oxygen atoms in total. The lowest BCUT2D eigenvalue weighted by Gasteiger charge is -2.36. The lowest BCUT2D eigenvalue weighted by molar-refractivity contribution is -0.188. The second-order valence-corrected chi connectivity index (χ2v) is 4.19. The molecule has 0 aliphatic heterocycles. The van der Waals surface area contributed by atoms with Crippen LogP contribution in [0.2, 0.25) is 0 Å². The highest BCUT2D eigenvalue weighted by atomic mass is 19.2. The molecular formula is C12H15FO2. The zero-order chi connectivity index (χ0) is 10.7. The molecule has 0 radical (unpaired) electrons. The zero-order valence-electron chi connectivity index (χ0n) is 8.53. The van der Waals surface area contributed by atoms with Crippen molar-refractivity contribution in [3.8, 4) is 0 Å². The summed E-state index contributed by atoms with van der Waals surface area (Å²) in [6, 6.07) is 9.86. The highest BCUT2D eigenvalue weighted by Crippen LogP contribution is 2.38. The summed E-state index contributed by atoms with van der Waals surface area (Å²) in [4.78, 5) is 0. The SMILES string of the molecule is OC1(F)CC(COCc2ccccc2)C1. The van der Waals surface area contributed by atoms with Crippen LogP contribution in [0.4, 0.5) is 4.39 Å². The molecule has 82 valence electrons. The van der Waals surface area contributed by atoms with Gasteiger partial charge in [-0.1, -0.05) is 30.3 Å². The van der Waals surface area contributed by atoms with Gasteiger partial charge < -0.3 is 9.84 Å². The average Bonchev–Trinajstić information content (AvgIpc) is 2.16. The number of benzene rings is 1. The van der Waals surface area contributed by atoms with Gasteiger partial charge in [0.25, 0.3) is 0 Å². The van der Waals surface area contributed by atoms with Crippen molar-refractivity contribution in [1.29, 1.82) is 0 Å². The van der Waals surface area contributed by atoms with Crippen molar-refractivity contribution in [2.24, 2.45) is 5.92 Å². The molecule has 0 aromatic heterocycles. The molecule has 1 aromatic carbocycles. The number of ether oxygens (including phenoxy) is 1. The van der Waals surface area contributed by atoms with Gasteiger partial charge in [0.05, 0.1) is 13.2 Å². The van der Waals surface area contributed by atoms with E-state index in [4.69, 9.17) is 9.84 Å². The number of hydrogen-bond donors (Lipinski definition) is 1. The molecule has 15 heavy (non-hydrogen) atoms. The van der Waals surface area contributed by atoms with Gasteiger partial charge in [0.15, 0.2) is 0 Å². The van der Waals surface area contributed by atoms with E-state index in [1.165, 1.54) is 0 Å². The first-order valence-electron chi connectivity index (χ1n) is 5.19. The Morgan fingerprint density at radius 3 is 2.60 bits per heavy atom. The van der Waals surface area contributed by atoms with Crippen molar-refractivity contribution in [3.63, 3.8) is 0 Å². The maximum atomic E-state index is 12.7. The molecule has 0 unspecified atom stereocenters. The Bertz CT molecular complexity index is 303. The molecule has 0 bridgehead atoms. The third-order valence-electron chi connectivity index (χ3n) is 2.67. The lowest BCUT2D eigenvalue weighted by atomic mass is 9.81. The summed E-state index contributed by atoms with van der Waals surface area (Å²) in [5.74, 6) is -1.76. The minimum absolute atomic E-state index is 0.170. The summed E-state index contributed by atoms with van der Waals surface area (Å²) >= 11 is 0. The van der Waals surface area contributed by atoms with E-state index < -0.39 is 5.85 Å². The van der Waals surface area contributed by atoms with Crippen LogP contribution >= 0.6 is 0 Å². The lowest BCUT2D eigenvalue weighted by Crippen LogP contribution is -2.41. The molecule has 1 aliphatic rings. The molecule has 1 saturated carbocycles. The van der Waals surface area contributed by atoms with Gasteiger partial charge in [-0.05, 0) is 11.5 Å². The second-order valence-electron chi connectivity index (χ2n) is 4.19. The van der Waals surface area contributed by atoms with Gasteiger partial charge in [-0.25, -0.2) is 4.39 Å². The van der Waals surface area contributed by atoms with Gasteiger partial charge in [0.1, 0.15) is 0 Å². The van der Waals surface area contributed by atoms with Crippen LogP contribution in [0.1, 0.15) is 18.4 Å². The molecule has 0 spiro atoms. The Labute approximate surface area is 88.7 Å². The highest BCUT2D eigenvalue weighted by Gasteiger charge is 2.42. The van der Waals surface area contributed by atoms with Crippen LogP contribution in [0.15, 0.2) is 30.3 Å². The molecular weight excluding hydrogens is 195 g/mol. The molecule has 2 rings (SSSR count). The normalized spacial score (nSPS) is 29.9. The minimum Gasteiger partial charge on any atom is -0.376 e. The fraction of sp³-hybridized carbons (Fsp3) is 0.500. The van der Waals surface area contributed by atoms with E-state index >= 15 is 0 Å². The monoisotopic (exact) mass is 210 g/mol. The van der Waals surface area contributed by atoms with Crippen LogP contribution in [0, 0.1) is 5.92 Å². The van der Waals surface area contributed by atoms with Crippen molar-refractivity contribution in [2.75, 3.05) is 6.61 Å². The molecule has 0 atom stereocenters. The Hall–Kier alpha value is -0.930. The van der Waals surface area contributed by atoms with Crippen molar-refractivity contribution in [1.82, 2.24) is 0 Å². The minimum atomic E-state index is -1.93. The maximum absolute atomic E-state index is 12.7. The fourth-order valence-corrected chi connectivity index (χ4v) is 1.86. The summed E-state index contributed by atoms with van der Waals surface area (Å²) in [5, 5.41) is 8.88. The standard InChI is InChI=1S/C12H15FO2/c13-12(14)6-11(7-12)9-15-8-10-4-2-1-3-5-10/h1-5,11,14H,6-9H2. The molecule has 0 heterocycles. The molecule has 0 amide bonds. The van der Waals surface area contributed by atoms with Crippen molar-refractivity contribution in [3.05, 3.63) is 35.9 Å². The van der Waals surface area contributed by atoms with Crippen LogP contribution in [0.3, 0.4) is 0 Å². The maximum Gasteiger partial charge on any atom is 0.207 e. The number of halogens is 1. The Morgan fingerprint density at radius 2 is 2.00 bits per heavy atom. The van der Waals surface area contributed by atoms with Crippen LogP contribution in [-0.2, 0) is 11.3 Å². The summed E-state index contributed by atoms with van der Waals surface area (Å²) in [7, 11) is 0. The third kappa shape index (κ3) is 3.01. The van der Waals surface area contributed by atoms with Crippen LogP contribution in [0.25, 0.3) is 0 Å². The predicted molar refractivity (Wildman–Crippen MR) is 54.9 cm³/mol. The quantitative estimate of drug-likeness (QED) is 0.826. The largest absolute Gasteiger partial charge is 0.376 e. The average molecular weight is 210 g/mol. The number of alkyl halides is 1. The van der Waals surface area contributed by atoms with E-state index in [1.807, 2.05) is 30.3 Å². The molecule has 1 fully saturated rings. The fourth-order valence-electron chi connectivity index (χ4n) is 1.86. The summed E-state index contributed by atoms with van der Waals surface area (Å²) in [6.07, 6.45) is 0.420. The van der Waals surface area contributed by atoms with Crippen molar-refractivity contribution >= 4 is 0 Å². The molecule has 1 N–H and O–H groups in total. The van der Waals surface area contributed by atoms with Crippen molar-refractivity contribution in [2.45, 2.75) is 25.3 Å². The van der Waals surface area contributed by atoms with Gasteiger partial charge in [0.2, 0.25) is 5.85 Å². The zero-order valence-corrected chi connectivity index (χ0v) is 8.53. The van der Waals surface area contributed by atoms with E-state index in [9.17, 15) is 4.39 Å². The smallest absolute Gasteiger partial charge is 0.207 e. The van der Waals surface area contributed by atoms with Crippen LogP contribution in [0.5, 0.6) is 0 Å². The number of aliphatic hydroxyl groups is 1. The van der Waals surface area contributed by atoms with Crippen molar-refractivity contribution < 1.29 is 14.2 Å². The Morgan fingerprint density at radius 1 is 1.33 bits per heavy atom. The van der Waals surface area contributed by atoms with Gasteiger partial charge >= 0.3 is 0 Å². The molecule has 3 heteroatoms. The van der Waals surface area contributed by atoms with Gasteiger partial charge in [-0.3, -0.25) is 0 Å². The summed E-state index contributed by atoms with van der Waals surface area (Å²) in [6.45, 7) is 1.09. The highest BCUT2D eigenvalue weighted by molar-refractivity contribution is 5.13. The third-order valence-corrected chi connectivity index (χ3v) is 2.67. The van der Waals surface area contributed by atoms with Gasteiger partial charge in [-0.2, -0.15) is 0 Å². The van der Waals surface area contributed by atoms with Gasteiger partial charge in [0, 0.05) is 12.8 Å². The molecule has 1 aliphatic carbocycles. The number of hydrogen-bond acceptors (Lipinski definition) is 2. The predicted octanol–water partition coefficient (Wildman–Crippen LogP) is 2.27. The van der Waals surface area contributed by atoms with E-state index in [0.29, 0.717) is 13.2 Å². The second kappa shape index (κ2) is 4.29. The van der Waals surface area contributed by atoms with Crippen LogP contribution < -0.4 is 0 Å². The topological polar surface area (TPSA) is 29.5 Å². The first-order chi connectivity index (χ1) is 7.16. The van der Waals surface area contributed by atoms with E-state index in [0.717, 1.165) is 5.56 Å². The number of rotatable bonds is 4. The molecule has 0 saturated heterocycles. The van der Waals surface area contributed by atoms with E-state index in [1.54, 1.807) is 0 Å². The summed E-state index contributed by atoms with van der Waals surface area (Å²) < 4.78 is 18.1. The van der Waals surface area contributed by atoms with Gasteiger partial charge in [-0.15, -0.1) is 0 Å². The van der Waals surface area contributed by atoms with E-state index in [2.05, 4.69) is 0 Å². The molecule has 1 aromatic rings. The Balaban J connectivity index is 1.64. The first kappa shape index (κ1) is 10.6. The summed E-state index contributed by atoms with van der Waals surface area (Å²) in [5.41, 5.74) is 1.12. The Kier molecular flexibility index (Phi) is 3.03. The first-order valence-corrected chi connectivity index (χ1v) is 5.19. The van der Waals surface area contributed by atoms with E-state index in [-0.39, 0.29) is 18.8 Å².